The van der Waals surface area contributed by atoms with Gasteiger partial charge in [-0.05, 0) is 35.7 Å². The average Bonchev–Trinajstić information content (AvgIpc) is 2.46. The second kappa shape index (κ2) is 4.58. The van der Waals surface area contributed by atoms with Crippen LogP contribution >= 0.6 is 0 Å². The first-order chi connectivity index (χ1) is 9.28. The van der Waals surface area contributed by atoms with E-state index in [0.29, 0.717) is 17.9 Å². The largest absolute Gasteiger partial charge is 0.399 e. The first-order valence-electron chi connectivity index (χ1n) is 6.12. The van der Waals surface area contributed by atoms with Crippen molar-refractivity contribution in [1.29, 1.82) is 5.26 Å². The van der Waals surface area contributed by atoms with Crippen LogP contribution in [0.2, 0.25) is 0 Å². The summed E-state index contributed by atoms with van der Waals surface area (Å²) in [4.78, 5) is 2.08. The molecule has 0 atom stereocenters. The van der Waals surface area contributed by atoms with Crippen molar-refractivity contribution in [2.75, 3.05) is 17.2 Å². The van der Waals surface area contributed by atoms with Gasteiger partial charge in [0.1, 0.15) is 6.07 Å². The maximum absolute atomic E-state index is 9.12. The van der Waals surface area contributed by atoms with Crippen LogP contribution in [0.25, 0.3) is 0 Å². The van der Waals surface area contributed by atoms with Gasteiger partial charge in [0.05, 0.1) is 11.8 Å². The van der Waals surface area contributed by atoms with Crippen molar-refractivity contribution in [3.05, 3.63) is 47.2 Å². The predicted molar refractivity (Wildman–Crippen MR) is 72.4 cm³/mol. The van der Waals surface area contributed by atoms with Crippen molar-refractivity contribution in [3.63, 3.8) is 0 Å². The van der Waals surface area contributed by atoms with E-state index < -0.39 is 0 Å². The molecule has 1 aromatic carbocycles. The highest BCUT2D eigenvalue weighted by atomic mass is 15.3. The van der Waals surface area contributed by atoms with Crippen LogP contribution in [0.3, 0.4) is 0 Å². The highest BCUT2D eigenvalue weighted by Gasteiger charge is 2.20. The number of nitrogen functional groups attached to an aromatic ring is 1. The van der Waals surface area contributed by atoms with E-state index in [4.69, 9.17) is 11.0 Å². The van der Waals surface area contributed by atoms with Crippen LogP contribution in [0.5, 0.6) is 0 Å². The molecule has 0 fully saturated rings. The molecule has 0 saturated heterocycles. The lowest BCUT2D eigenvalue weighted by atomic mass is 9.99. The van der Waals surface area contributed by atoms with E-state index in [1.807, 2.05) is 12.1 Å². The number of hydrogen-bond donors (Lipinski definition) is 1. The van der Waals surface area contributed by atoms with Crippen molar-refractivity contribution in [1.82, 2.24) is 10.2 Å². The van der Waals surface area contributed by atoms with Gasteiger partial charge in [0.2, 0.25) is 0 Å². The van der Waals surface area contributed by atoms with Crippen molar-refractivity contribution < 1.29 is 0 Å². The Hall–Kier alpha value is -2.61. The fourth-order valence-electron chi connectivity index (χ4n) is 2.40. The van der Waals surface area contributed by atoms with Crippen LogP contribution in [0, 0.1) is 11.3 Å². The number of benzene rings is 1. The Balaban J connectivity index is 1.96. The van der Waals surface area contributed by atoms with Crippen molar-refractivity contribution >= 4 is 11.5 Å². The van der Waals surface area contributed by atoms with E-state index in [9.17, 15) is 0 Å². The summed E-state index contributed by atoms with van der Waals surface area (Å²) in [5.41, 5.74) is 9.65. The van der Waals surface area contributed by atoms with Crippen LogP contribution < -0.4 is 10.6 Å². The first-order valence-corrected chi connectivity index (χ1v) is 6.12. The molecule has 1 aliphatic rings. The summed E-state index contributed by atoms with van der Waals surface area (Å²) < 4.78 is 0. The second-order valence-corrected chi connectivity index (χ2v) is 4.58. The summed E-state index contributed by atoms with van der Waals surface area (Å²) in [5, 5.41) is 17.1. The molecule has 0 spiro atoms. The molecule has 3 rings (SSSR count). The Morgan fingerprint density at radius 3 is 3.00 bits per heavy atom. The number of hydrogen-bond acceptors (Lipinski definition) is 5. The van der Waals surface area contributed by atoms with E-state index in [2.05, 4.69) is 27.2 Å². The van der Waals surface area contributed by atoms with E-state index in [0.717, 1.165) is 18.7 Å². The molecule has 19 heavy (non-hydrogen) atoms. The third-order valence-electron chi connectivity index (χ3n) is 3.36. The normalized spacial score (nSPS) is 13.7. The quantitative estimate of drug-likeness (QED) is 0.777. The number of anilines is 2. The van der Waals surface area contributed by atoms with Crippen molar-refractivity contribution in [2.24, 2.45) is 0 Å². The SMILES string of the molecule is N#Cc1ccnnc1N1CCc2ccc(N)cc2C1. The topological polar surface area (TPSA) is 78.8 Å². The molecule has 0 bridgehead atoms. The van der Waals surface area contributed by atoms with Crippen LogP contribution in [-0.4, -0.2) is 16.7 Å². The lowest BCUT2D eigenvalue weighted by Gasteiger charge is -2.30. The Bertz CT molecular complexity index is 659. The number of aromatic nitrogens is 2. The fourth-order valence-corrected chi connectivity index (χ4v) is 2.40. The van der Waals surface area contributed by atoms with Crippen molar-refractivity contribution in [2.45, 2.75) is 13.0 Å². The molecule has 2 N–H and O–H groups in total. The molecule has 5 nitrogen and oxygen atoms in total. The van der Waals surface area contributed by atoms with Gasteiger partial charge in [-0.3, -0.25) is 0 Å². The zero-order chi connectivity index (χ0) is 13.2. The standard InChI is InChI=1S/C14H13N5/c15-8-11-3-5-17-18-14(11)19-6-4-10-1-2-13(16)7-12(10)9-19/h1-3,5,7H,4,6,9,16H2. The molecule has 5 heteroatoms. The number of nitriles is 1. The van der Waals surface area contributed by atoms with Gasteiger partial charge in [0.25, 0.3) is 0 Å². The highest BCUT2D eigenvalue weighted by molar-refractivity contribution is 5.55. The Morgan fingerprint density at radius 2 is 2.16 bits per heavy atom. The molecular weight excluding hydrogens is 238 g/mol. The average molecular weight is 251 g/mol. The first kappa shape index (κ1) is 11.5. The molecule has 0 radical (unpaired) electrons. The van der Waals surface area contributed by atoms with Crippen LogP contribution in [0.4, 0.5) is 11.5 Å². The molecule has 0 aliphatic carbocycles. The zero-order valence-corrected chi connectivity index (χ0v) is 10.4. The van der Waals surface area contributed by atoms with Crippen molar-refractivity contribution in [3.8, 4) is 6.07 Å². The lowest BCUT2D eigenvalue weighted by molar-refractivity contribution is 0.712. The van der Waals surface area contributed by atoms with E-state index in [-0.39, 0.29) is 0 Å². The minimum Gasteiger partial charge on any atom is -0.399 e. The molecule has 94 valence electrons. The van der Waals surface area contributed by atoms with E-state index in [1.54, 1.807) is 6.07 Å². The lowest BCUT2D eigenvalue weighted by Crippen LogP contribution is -2.31. The molecule has 0 amide bonds. The number of nitrogens with two attached hydrogens (primary N) is 1. The third kappa shape index (κ3) is 2.08. The van der Waals surface area contributed by atoms with Gasteiger partial charge in [-0.1, -0.05) is 6.07 Å². The number of rotatable bonds is 1. The summed E-state index contributed by atoms with van der Waals surface area (Å²) in [5.74, 6) is 0.651. The van der Waals surface area contributed by atoms with Gasteiger partial charge in [0, 0.05) is 18.8 Å². The number of nitrogens with zero attached hydrogens (tertiary/aromatic N) is 4. The Kier molecular flexibility index (Phi) is 2.76. The Morgan fingerprint density at radius 1 is 1.26 bits per heavy atom. The van der Waals surface area contributed by atoms with E-state index >= 15 is 0 Å². The van der Waals surface area contributed by atoms with Crippen LogP contribution in [-0.2, 0) is 13.0 Å². The number of fused-ring (bicyclic) bond motifs is 1. The van der Waals surface area contributed by atoms with Crippen LogP contribution in [0.1, 0.15) is 16.7 Å². The third-order valence-corrected chi connectivity index (χ3v) is 3.36. The Labute approximate surface area is 111 Å². The van der Waals surface area contributed by atoms with E-state index in [1.165, 1.54) is 17.3 Å². The second-order valence-electron chi connectivity index (χ2n) is 4.58. The summed E-state index contributed by atoms with van der Waals surface area (Å²) in [7, 11) is 0. The molecule has 0 unspecified atom stereocenters. The minimum absolute atomic E-state index is 0.558. The van der Waals surface area contributed by atoms with Gasteiger partial charge in [-0.25, -0.2) is 0 Å². The van der Waals surface area contributed by atoms with Gasteiger partial charge < -0.3 is 10.6 Å². The van der Waals surface area contributed by atoms with Gasteiger partial charge in [-0.15, -0.1) is 5.10 Å². The van der Waals surface area contributed by atoms with Gasteiger partial charge in [-0.2, -0.15) is 10.4 Å². The van der Waals surface area contributed by atoms with Crippen LogP contribution in [0.15, 0.2) is 30.5 Å². The molecular formula is C14H13N5. The molecule has 2 heterocycles. The molecule has 2 aromatic rings. The molecule has 1 aliphatic heterocycles. The summed E-state index contributed by atoms with van der Waals surface area (Å²) in [6, 6.07) is 9.84. The highest BCUT2D eigenvalue weighted by Crippen LogP contribution is 2.26. The fraction of sp³-hybridized carbons (Fsp3) is 0.214. The smallest absolute Gasteiger partial charge is 0.169 e. The zero-order valence-electron chi connectivity index (χ0n) is 10.4. The van der Waals surface area contributed by atoms with Gasteiger partial charge >= 0.3 is 0 Å². The van der Waals surface area contributed by atoms with Gasteiger partial charge in [0.15, 0.2) is 5.82 Å². The predicted octanol–water partition coefficient (Wildman–Crippen LogP) is 1.49. The summed E-state index contributed by atoms with van der Waals surface area (Å²) >= 11 is 0. The maximum atomic E-state index is 9.12. The minimum atomic E-state index is 0.558. The molecule has 0 saturated carbocycles. The maximum Gasteiger partial charge on any atom is 0.169 e. The summed E-state index contributed by atoms with van der Waals surface area (Å²) in [6.45, 7) is 1.55. The monoisotopic (exact) mass is 251 g/mol. The molecule has 1 aromatic heterocycles. The summed E-state index contributed by atoms with van der Waals surface area (Å²) in [6.07, 6.45) is 2.47.